The van der Waals surface area contributed by atoms with E-state index in [1.807, 2.05) is 30.3 Å². The Morgan fingerprint density at radius 3 is 2.62 bits per heavy atom. The summed E-state index contributed by atoms with van der Waals surface area (Å²) in [6.07, 6.45) is 1.37. The Labute approximate surface area is 161 Å². The summed E-state index contributed by atoms with van der Waals surface area (Å²) < 4.78 is 7.01. The van der Waals surface area contributed by atoms with Gasteiger partial charge in [-0.3, -0.25) is 4.79 Å². The number of ether oxygens (including phenoxy) is 1. The van der Waals surface area contributed by atoms with E-state index in [1.165, 1.54) is 0 Å². The van der Waals surface area contributed by atoms with Gasteiger partial charge in [-0.25, -0.2) is 0 Å². The van der Waals surface area contributed by atoms with E-state index in [9.17, 15) is 4.79 Å². The standard InChI is InChI=1S/C22H20BrNO2/c1-2-11-26-20-10-6-5-8-15(20)17-13-21(25)24-22-16-9-4-3-7-14(16)19(23)12-18(17)22/h3-10,12,17H,2,11,13H2,1H3,(H,24,25). The fourth-order valence-electron chi connectivity index (χ4n) is 3.64. The molecule has 0 spiro atoms. The summed E-state index contributed by atoms with van der Waals surface area (Å²) in [5.74, 6) is 0.886. The number of anilines is 1. The van der Waals surface area contributed by atoms with Gasteiger partial charge in [0.25, 0.3) is 0 Å². The van der Waals surface area contributed by atoms with E-state index in [4.69, 9.17) is 4.74 Å². The van der Waals surface area contributed by atoms with E-state index in [1.54, 1.807) is 0 Å². The molecule has 0 saturated carbocycles. The summed E-state index contributed by atoms with van der Waals surface area (Å²) in [6, 6.07) is 18.3. The molecule has 3 nitrogen and oxygen atoms in total. The molecule has 4 rings (SSSR count). The maximum absolute atomic E-state index is 12.5. The number of halogens is 1. The van der Waals surface area contributed by atoms with Crippen LogP contribution in [0.1, 0.15) is 36.8 Å². The maximum Gasteiger partial charge on any atom is 0.225 e. The molecule has 1 aliphatic rings. The molecule has 1 amide bonds. The minimum Gasteiger partial charge on any atom is -0.493 e. The summed E-state index contributed by atoms with van der Waals surface area (Å²) in [5, 5.41) is 5.25. The van der Waals surface area contributed by atoms with Gasteiger partial charge in [0.1, 0.15) is 5.75 Å². The highest BCUT2D eigenvalue weighted by Gasteiger charge is 2.30. The number of amides is 1. The first-order valence-electron chi connectivity index (χ1n) is 8.91. The van der Waals surface area contributed by atoms with Crippen LogP contribution in [0, 0.1) is 0 Å². The van der Waals surface area contributed by atoms with Gasteiger partial charge in [-0.2, -0.15) is 0 Å². The van der Waals surface area contributed by atoms with Crippen LogP contribution in [0.5, 0.6) is 5.75 Å². The van der Waals surface area contributed by atoms with Gasteiger partial charge in [0.05, 0.1) is 12.3 Å². The smallest absolute Gasteiger partial charge is 0.225 e. The number of fused-ring (bicyclic) bond motifs is 3. The van der Waals surface area contributed by atoms with Crippen LogP contribution in [0.4, 0.5) is 5.69 Å². The van der Waals surface area contributed by atoms with Gasteiger partial charge < -0.3 is 10.1 Å². The predicted octanol–water partition coefficient (Wildman–Crippen LogP) is 5.87. The van der Waals surface area contributed by atoms with Crippen LogP contribution in [0.2, 0.25) is 0 Å². The first-order valence-corrected chi connectivity index (χ1v) is 9.71. The summed E-state index contributed by atoms with van der Waals surface area (Å²) >= 11 is 3.71. The highest BCUT2D eigenvalue weighted by atomic mass is 79.9. The van der Waals surface area contributed by atoms with E-state index in [2.05, 4.69) is 52.4 Å². The second kappa shape index (κ2) is 7.12. The second-order valence-corrected chi connectivity index (χ2v) is 7.41. The second-order valence-electron chi connectivity index (χ2n) is 6.56. The number of carbonyl (C=O) groups is 1. The van der Waals surface area contributed by atoms with Crippen LogP contribution < -0.4 is 10.1 Å². The first kappa shape index (κ1) is 17.1. The third-order valence-corrected chi connectivity index (χ3v) is 5.47. The Hall–Kier alpha value is -2.33. The van der Waals surface area contributed by atoms with Crippen molar-refractivity contribution < 1.29 is 9.53 Å². The highest BCUT2D eigenvalue weighted by molar-refractivity contribution is 9.10. The molecule has 0 bridgehead atoms. The van der Waals surface area contributed by atoms with Crippen molar-refractivity contribution in [2.75, 3.05) is 11.9 Å². The highest BCUT2D eigenvalue weighted by Crippen LogP contribution is 2.45. The third kappa shape index (κ3) is 2.99. The summed E-state index contributed by atoms with van der Waals surface area (Å²) in [5.41, 5.74) is 3.11. The molecular formula is C22H20BrNO2. The maximum atomic E-state index is 12.5. The Bertz CT molecular complexity index is 983. The molecule has 0 fully saturated rings. The molecule has 1 atom stereocenters. The molecule has 1 N–H and O–H groups in total. The SMILES string of the molecule is CCCOc1ccccc1C1CC(=O)Nc2c1cc(Br)c1ccccc21. The molecule has 26 heavy (non-hydrogen) atoms. The molecule has 0 saturated heterocycles. The molecule has 0 aromatic heterocycles. The Balaban J connectivity index is 1.90. The van der Waals surface area contributed by atoms with Crippen molar-refractivity contribution in [2.45, 2.75) is 25.7 Å². The van der Waals surface area contributed by atoms with E-state index < -0.39 is 0 Å². The monoisotopic (exact) mass is 409 g/mol. The molecule has 132 valence electrons. The van der Waals surface area contributed by atoms with Crippen LogP contribution in [-0.2, 0) is 4.79 Å². The van der Waals surface area contributed by atoms with Gasteiger partial charge in [0.2, 0.25) is 5.91 Å². The van der Waals surface area contributed by atoms with Gasteiger partial charge in [-0.05, 0) is 29.5 Å². The van der Waals surface area contributed by atoms with Crippen molar-refractivity contribution in [3.63, 3.8) is 0 Å². The normalized spacial score (nSPS) is 16.2. The lowest BCUT2D eigenvalue weighted by Gasteiger charge is -2.29. The number of hydrogen-bond acceptors (Lipinski definition) is 2. The van der Waals surface area contributed by atoms with Crippen molar-refractivity contribution in [3.8, 4) is 5.75 Å². The molecule has 1 unspecified atom stereocenters. The molecule has 0 aliphatic carbocycles. The lowest BCUT2D eigenvalue weighted by Crippen LogP contribution is -2.24. The molecule has 3 aromatic rings. The van der Waals surface area contributed by atoms with Gasteiger partial charge >= 0.3 is 0 Å². The predicted molar refractivity (Wildman–Crippen MR) is 109 cm³/mol. The Kier molecular flexibility index (Phi) is 4.68. The average molecular weight is 410 g/mol. The van der Waals surface area contributed by atoms with Gasteiger partial charge in [-0.15, -0.1) is 0 Å². The molecular weight excluding hydrogens is 390 g/mol. The van der Waals surface area contributed by atoms with Crippen molar-refractivity contribution in [3.05, 3.63) is 70.2 Å². The molecule has 1 aliphatic heterocycles. The number of rotatable bonds is 4. The zero-order valence-electron chi connectivity index (χ0n) is 14.6. The van der Waals surface area contributed by atoms with E-state index in [0.29, 0.717) is 13.0 Å². The Morgan fingerprint density at radius 1 is 1.08 bits per heavy atom. The zero-order chi connectivity index (χ0) is 18.1. The van der Waals surface area contributed by atoms with Crippen molar-refractivity contribution in [2.24, 2.45) is 0 Å². The van der Waals surface area contributed by atoms with Crippen LogP contribution in [-0.4, -0.2) is 12.5 Å². The summed E-state index contributed by atoms with van der Waals surface area (Å²) in [7, 11) is 0. The van der Waals surface area contributed by atoms with Crippen LogP contribution in [0.15, 0.2) is 59.1 Å². The number of nitrogens with one attached hydrogen (secondary N) is 1. The van der Waals surface area contributed by atoms with Crippen LogP contribution >= 0.6 is 15.9 Å². The molecule has 0 radical (unpaired) electrons. The molecule has 3 aromatic carbocycles. The van der Waals surface area contributed by atoms with Crippen LogP contribution in [0.3, 0.4) is 0 Å². The lowest BCUT2D eigenvalue weighted by atomic mass is 9.83. The molecule has 1 heterocycles. The summed E-state index contributed by atoms with van der Waals surface area (Å²) in [6.45, 7) is 2.76. The third-order valence-electron chi connectivity index (χ3n) is 4.81. The average Bonchev–Trinajstić information content (AvgIpc) is 2.67. The fourth-order valence-corrected chi connectivity index (χ4v) is 4.23. The van der Waals surface area contributed by atoms with Crippen molar-refractivity contribution >= 4 is 38.3 Å². The van der Waals surface area contributed by atoms with Crippen LogP contribution in [0.25, 0.3) is 10.8 Å². The number of para-hydroxylation sites is 1. The summed E-state index contributed by atoms with van der Waals surface area (Å²) in [4.78, 5) is 12.5. The van der Waals surface area contributed by atoms with Crippen molar-refractivity contribution in [1.29, 1.82) is 0 Å². The van der Waals surface area contributed by atoms with Gasteiger partial charge in [0.15, 0.2) is 0 Å². The minimum atomic E-state index is -0.0206. The largest absolute Gasteiger partial charge is 0.493 e. The van der Waals surface area contributed by atoms with Crippen molar-refractivity contribution in [1.82, 2.24) is 0 Å². The zero-order valence-corrected chi connectivity index (χ0v) is 16.2. The van der Waals surface area contributed by atoms with E-state index in [-0.39, 0.29) is 11.8 Å². The topological polar surface area (TPSA) is 38.3 Å². The number of carbonyl (C=O) groups excluding carboxylic acids is 1. The number of hydrogen-bond donors (Lipinski definition) is 1. The van der Waals surface area contributed by atoms with E-state index in [0.717, 1.165) is 44.2 Å². The van der Waals surface area contributed by atoms with Gasteiger partial charge in [0, 0.05) is 27.8 Å². The van der Waals surface area contributed by atoms with Gasteiger partial charge in [-0.1, -0.05) is 65.3 Å². The quantitative estimate of drug-likeness (QED) is 0.585. The first-order chi connectivity index (χ1) is 12.7. The lowest BCUT2D eigenvalue weighted by molar-refractivity contribution is -0.116. The Morgan fingerprint density at radius 2 is 1.81 bits per heavy atom. The minimum absolute atomic E-state index is 0.0206. The molecule has 4 heteroatoms. The number of benzene rings is 3. The van der Waals surface area contributed by atoms with E-state index >= 15 is 0 Å². The fraction of sp³-hybridized carbons (Fsp3) is 0.227.